The Kier molecular flexibility index (Phi) is 4.34. The average Bonchev–Trinajstić information content (AvgIpc) is 3.23. The first-order valence-corrected chi connectivity index (χ1v) is 9.25. The van der Waals surface area contributed by atoms with Crippen LogP contribution in [-0.2, 0) is 0 Å². The average molecular weight is 371 g/mol. The maximum atomic E-state index is 12.8. The fourth-order valence-corrected chi connectivity index (χ4v) is 3.83. The molecule has 3 heterocycles. The van der Waals surface area contributed by atoms with E-state index in [-0.39, 0.29) is 11.8 Å². The fourth-order valence-electron chi connectivity index (χ4n) is 3.14. The number of aromatic nitrogens is 1. The Hall–Kier alpha value is -2.87. The topological polar surface area (TPSA) is 86.6 Å². The second-order valence-electron chi connectivity index (χ2n) is 6.14. The minimum atomic E-state index is -0.540. The number of oxazole rings is 1. The monoisotopic (exact) mass is 371 g/mol. The van der Waals surface area contributed by atoms with E-state index in [9.17, 15) is 14.4 Å². The fraction of sp³-hybridized carbons (Fsp3) is 0.278. The van der Waals surface area contributed by atoms with Crippen LogP contribution in [0.2, 0.25) is 0 Å². The lowest BCUT2D eigenvalue weighted by Crippen LogP contribution is -2.37. The molecule has 1 fully saturated rings. The zero-order chi connectivity index (χ0) is 18.1. The van der Waals surface area contributed by atoms with Gasteiger partial charge in [-0.3, -0.25) is 14.6 Å². The summed E-state index contributed by atoms with van der Waals surface area (Å²) in [7, 11) is 0. The number of nitrogens with zero attached hydrogens (tertiary/aromatic N) is 2. The number of hydrogen-bond acceptors (Lipinski definition) is 5. The summed E-state index contributed by atoms with van der Waals surface area (Å²) in [6.07, 6.45) is 0.727. The van der Waals surface area contributed by atoms with Gasteiger partial charge in [0.05, 0.1) is 10.4 Å². The van der Waals surface area contributed by atoms with Crippen LogP contribution in [-0.4, -0.2) is 52.8 Å². The molecule has 7 nitrogen and oxygen atoms in total. The van der Waals surface area contributed by atoms with Gasteiger partial charge in [-0.2, -0.15) is 0 Å². The molecule has 8 heteroatoms. The molecule has 0 radical (unpaired) electrons. The van der Waals surface area contributed by atoms with Crippen LogP contribution in [0.1, 0.15) is 26.5 Å². The standard InChI is InChI=1S/C18H17N3O4S/c22-16(12-4-5-13-14(11-12)25-18(24)19-13)20-6-2-7-21(9-8-20)17(23)15-3-1-10-26-15/h1,3-5,10-11H,2,6-9H2,(H,19,24). The van der Waals surface area contributed by atoms with E-state index in [4.69, 9.17) is 4.42 Å². The van der Waals surface area contributed by atoms with Crippen molar-refractivity contribution in [1.29, 1.82) is 0 Å². The van der Waals surface area contributed by atoms with Crippen LogP contribution in [0.3, 0.4) is 0 Å². The Morgan fingerprint density at radius 1 is 1.04 bits per heavy atom. The number of hydrogen-bond donors (Lipinski definition) is 1. The Morgan fingerprint density at radius 3 is 2.54 bits per heavy atom. The van der Waals surface area contributed by atoms with E-state index in [0.29, 0.717) is 42.8 Å². The van der Waals surface area contributed by atoms with Gasteiger partial charge in [-0.25, -0.2) is 4.79 Å². The van der Waals surface area contributed by atoms with Gasteiger partial charge in [0.25, 0.3) is 11.8 Å². The molecule has 1 aliphatic heterocycles. The summed E-state index contributed by atoms with van der Waals surface area (Å²) in [5.74, 6) is -0.645. The van der Waals surface area contributed by atoms with Crippen LogP contribution in [0.4, 0.5) is 0 Å². The number of amides is 2. The van der Waals surface area contributed by atoms with Crippen molar-refractivity contribution in [2.75, 3.05) is 26.2 Å². The lowest BCUT2D eigenvalue weighted by molar-refractivity contribution is 0.0721. The van der Waals surface area contributed by atoms with Crippen LogP contribution >= 0.6 is 11.3 Å². The predicted octanol–water partition coefficient (Wildman–Crippen LogP) is 2.17. The number of benzene rings is 1. The van der Waals surface area contributed by atoms with E-state index in [1.165, 1.54) is 11.3 Å². The molecule has 3 aromatic rings. The van der Waals surface area contributed by atoms with Crippen molar-refractivity contribution in [2.24, 2.45) is 0 Å². The second kappa shape index (κ2) is 6.80. The summed E-state index contributed by atoms with van der Waals surface area (Å²) in [6.45, 7) is 2.20. The molecule has 26 heavy (non-hydrogen) atoms. The van der Waals surface area contributed by atoms with E-state index in [1.807, 2.05) is 17.5 Å². The third-order valence-corrected chi connectivity index (χ3v) is 5.33. The van der Waals surface area contributed by atoms with Gasteiger partial charge in [0.15, 0.2) is 5.58 Å². The highest BCUT2D eigenvalue weighted by molar-refractivity contribution is 7.12. The Morgan fingerprint density at radius 2 is 1.81 bits per heavy atom. The summed E-state index contributed by atoms with van der Waals surface area (Å²) < 4.78 is 5.03. The Labute approximate surface area is 152 Å². The molecule has 0 bridgehead atoms. The Balaban J connectivity index is 1.48. The first-order chi connectivity index (χ1) is 12.6. The van der Waals surface area contributed by atoms with Gasteiger partial charge in [-0.1, -0.05) is 6.07 Å². The quantitative estimate of drug-likeness (QED) is 0.748. The lowest BCUT2D eigenvalue weighted by atomic mass is 10.1. The van der Waals surface area contributed by atoms with Gasteiger partial charge < -0.3 is 14.2 Å². The zero-order valence-electron chi connectivity index (χ0n) is 13.9. The highest BCUT2D eigenvalue weighted by Gasteiger charge is 2.24. The van der Waals surface area contributed by atoms with E-state index in [2.05, 4.69) is 4.98 Å². The highest BCUT2D eigenvalue weighted by atomic mass is 32.1. The molecule has 0 atom stereocenters. The molecule has 2 aromatic heterocycles. The lowest BCUT2D eigenvalue weighted by Gasteiger charge is -2.22. The molecule has 1 aromatic carbocycles. The summed E-state index contributed by atoms with van der Waals surface area (Å²) in [5, 5.41) is 1.89. The maximum Gasteiger partial charge on any atom is 0.417 e. The molecular formula is C18H17N3O4S. The van der Waals surface area contributed by atoms with Crippen molar-refractivity contribution >= 4 is 34.3 Å². The van der Waals surface area contributed by atoms with E-state index in [1.54, 1.807) is 28.0 Å². The van der Waals surface area contributed by atoms with Crippen molar-refractivity contribution in [2.45, 2.75) is 6.42 Å². The van der Waals surface area contributed by atoms with Crippen molar-refractivity contribution in [1.82, 2.24) is 14.8 Å². The molecule has 0 spiro atoms. The van der Waals surface area contributed by atoms with Crippen LogP contribution in [0, 0.1) is 0 Å². The van der Waals surface area contributed by atoms with Crippen molar-refractivity contribution in [3.05, 3.63) is 56.7 Å². The molecule has 1 aliphatic rings. The normalized spacial score (nSPS) is 15.2. The summed E-state index contributed by atoms with van der Waals surface area (Å²) >= 11 is 1.43. The van der Waals surface area contributed by atoms with Crippen LogP contribution < -0.4 is 5.76 Å². The maximum absolute atomic E-state index is 12.8. The number of carbonyl (C=O) groups excluding carboxylic acids is 2. The third-order valence-electron chi connectivity index (χ3n) is 4.47. The summed E-state index contributed by atoms with van der Waals surface area (Å²) in [6, 6.07) is 8.60. The molecule has 4 rings (SSSR count). The molecule has 134 valence electrons. The number of nitrogens with one attached hydrogen (secondary N) is 1. The minimum absolute atomic E-state index is 0.0183. The third kappa shape index (κ3) is 3.15. The van der Waals surface area contributed by atoms with Crippen molar-refractivity contribution < 1.29 is 14.0 Å². The first kappa shape index (κ1) is 16.6. The molecule has 1 saturated heterocycles. The smallest absolute Gasteiger partial charge is 0.408 e. The number of aromatic amines is 1. The number of thiophene rings is 1. The SMILES string of the molecule is O=C(c1ccc2[nH]c(=O)oc2c1)N1CCCN(C(=O)c2cccs2)CC1. The number of rotatable bonds is 2. The first-order valence-electron chi connectivity index (χ1n) is 8.37. The van der Waals surface area contributed by atoms with E-state index >= 15 is 0 Å². The van der Waals surface area contributed by atoms with Crippen LogP contribution in [0.15, 0.2) is 44.9 Å². The van der Waals surface area contributed by atoms with Crippen LogP contribution in [0.5, 0.6) is 0 Å². The number of H-pyrrole nitrogens is 1. The van der Waals surface area contributed by atoms with Crippen LogP contribution in [0.25, 0.3) is 11.1 Å². The van der Waals surface area contributed by atoms with Crippen molar-refractivity contribution in [3.8, 4) is 0 Å². The van der Waals surface area contributed by atoms with Gasteiger partial charge >= 0.3 is 5.76 Å². The minimum Gasteiger partial charge on any atom is -0.408 e. The molecule has 0 aliphatic carbocycles. The molecular weight excluding hydrogens is 354 g/mol. The van der Waals surface area contributed by atoms with E-state index < -0.39 is 5.76 Å². The number of carbonyl (C=O) groups is 2. The van der Waals surface area contributed by atoms with Gasteiger partial charge in [-0.15, -0.1) is 11.3 Å². The summed E-state index contributed by atoms with van der Waals surface area (Å²) in [4.78, 5) is 43.4. The second-order valence-corrected chi connectivity index (χ2v) is 7.09. The molecule has 0 unspecified atom stereocenters. The van der Waals surface area contributed by atoms with Gasteiger partial charge in [0, 0.05) is 31.7 Å². The highest BCUT2D eigenvalue weighted by Crippen LogP contribution is 2.17. The zero-order valence-corrected chi connectivity index (χ0v) is 14.8. The summed E-state index contributed by atoms with van der Waals surface area (Å²) in [5.41, 5.74) is 1.40. The predicted molar refractivity (Wildman–Crippen MR) is 97.6 cm³/mol. The van der Waals surface area contributed by atoms with E-state index in [0.717, 1.165) is 11.3 Å². The van der Waals surface area contributed by atoms with Crippen molar-refractivity contribution in [3.63, 3.8) is 0 Å². The molecule has 0 saturated carbocycles. The van der Waals surface area contributed by atoms with Gasteiger partial charge in [0.1, 0.15) is 0 Å². The molecule has 1 N–H and O–H groups in total. The van der Waals surface area contributed by atoms with Gasteiger partial charge in [0.2, 0.25) is 0 Å². The molecule has 2 amide bonds. The van der Waals surface area contributed by atoms with Gasteiger partial charge in [-0.05, 0) is 36.1 Å². The Bertz CT molecular complexity index is 1010. The largest absolute Gasteiger partial charge is 0.417 e. The number of fused-ring (bicyclic) bond motifs is 1.